The molecule has 2 heterocycles. The lowest BCUT2D eigenvalue weighted by atomic mass is 9.98. The summed E-state index contributed by atoms with van der Waals surface area (Å²) in [4.78, 5) is 14.1. The molecule has 20 heavy (non-hydrogen) atoms. The van der Waals surface area contributed by atoms with Crippen LogP contribution in [0.2, 0.25) is 0 Å². The Morgan fingerprint density at radius 2 is 2.25 bits per heavy atom. The van der Waals surface area contributed by atoms with Crippen LogP contribution < -0.4 is 5.32 Å². The number of amides is 1. The van der Waals surface area contributed by atoms with Gasteiger partial charge in [0.1, 0.15) is 0 Å². The van der Waals surface area contributed by atoms with Crippen LogP contribution in [0.1, 0.15) is 19.3 Å². The first-order chi connectivity index (χ1) is 8.79. The molecular formula is C13H24Cl2N4O. The van der Waals surface area contributed by atoms with Crippen molar-refractivity contribution in [1.29, 1.82) is 0 Å². The second-order valence-electron chi connectivity index (χ2n) is 4.92. The fourth-order valence-corrected chi connectivity index (χ4v) is 2.55. The first kappa shape index (κ1) is 19.2. The van der Waals surface area contributed by atoms with Crippen LogP contribution in [0.3, 0.4) is 0 Å². The Morgan fingerprint density at radius 3 is 2.90 bits per heavy atom. The van der Waals surface area contributed by atoms with Gasteiger partial charge >= 0.3 is 0 Å². The summed E-state index contributed by atoms with van der Waals surface area (Å²) in [5.74, 6) is 0.865. The molecule has 0 bridgehead atoms. The van der Waals surface area contributed by atoms with Crippen LogP contribution in [0.5, 0.6) is 0 Å². The summed E-state index contributed by atoms with van der Waals surface area (Å²) < 4.78 is 1.81. The minimum atomic E-state index is 0. The lowest BCUT2D eigenvalue weighted by molar-refractivity contribution is -0.133. The molecule has 0 aromatic carbocycles. The Labute approximate surface area is 132 Å². The van der Waals surface area contributed by atoms with Gasteiger partial charge in [-0.2, -0.15) is 5.10 Å². The Kier molecular flexibility index (Phi) is 9.63. The molecule has 7 heteroatoms. The van der Waals surface area contributed by atoms with Crippen molar-refractivity contribution in [3.63, 3.8) is 0 Å². The number of likely N-dealkylation sites (tertiary alicyclic amines) is 1. The molecule has 1 aromatic rings. The number of piperidine rings is 1. The number of carbonyl (C=O) groups excluding carboxylic acids is 1. The first-order valence-corrected chi connectivity index (χ1v) is 6.69. The summed E-state index contributed by atoms with van der Waals surface area (Å²) in [6.45, 7) is 3.50. The average Bonchev–Trinajstić information content (AvgIpc) is 2.90. The number of aryl methyl sites for hydroxylation is 1. The fraction of sp³-hybridized carbons (Fsp3) is 0.692. The number of rotatable bonds is 5. The molecule has 2 rings (SSSR count). The number of hydrogen-bond acceptors (Lipinski definition) is 3. The van der Waals surface area contributed by atoms with E-state index in [0.717, 1.165) is 26.1 Å². The highest BCUT2D eigenvalue weighted by atomic mass is 35.5. The van der Waals surface area contributed by atoms with Crippen LogP contribution in [-0.2, 0) is 11.3 Å². The molecule has 1 aliphatic heterocycles. The number of hydrogen-bond donors (Lipinski definition) is 1. The summed E-state index contributed by atoms with van der Waals surface area (Å²) in [7, 11) is 1.97. The van der Waals surface area contributed by atoms with E-state index in [2.05, 4.69) is 10.4 Å². The zero-order valence-corrected chi connectivity index (χ0v) is 13.5. The minimum absolute atomic E-state index is 0. The predicted octanol–water partition coefficient (Wildman–Crippen LogP) is 1.57. The number of nitrogens with zero attached hydrogens (tertiary/aromatic N) is 3. The topological polar surface area (TPSA) is 50.2 Å². The highest BCUT2D eigenvalue weighted by molar-refractivity contribution is 5.85. The third kappa shape index (κ3) is 5.69. The van der Waals surface area contributed by atoms with Gasteiger partial charge in [0.25, 0.3) is 0 Å². The van der Waals surface area contributed by atoms with E-state index in [0.29, 0.717) is 18.9 Å². The van der Waals surface area contributed by atoms with E-state index >= 15 is 0 Å². The Balaban J connectivity index is 0.00000180. The molecule has 1 aliphatic rings. The van der Waals surface area contributed by atoms with Crippen molar-refractivity contribution >= 4 is 30.7 Å². The molecule has 1 atom stereocenters. The largest absolute Gasteiger partial charge is 0.342 e. The molecule has 1 aromatic heterocycles. The zero-order chi connectivity index (χ0) is 12.8. The number of carbonyl (C=O) groups is 1. The highest BCUT2D eigenvalue weighted by Crippen LogP contribution is 2.16. The number of aromatic nitrogens is 2. The summed E-state index contributed by atoms with van der Waals surface area (Å²) in [5, 5.41) is 7.31. The van der Waals surface area contributed by atoms with Gasteiger partial charge < -0.3 is 10.2 Å². The standard InChI is InChI=1S/C13H22N4O.2ClH/c1-14-10-12-4-2-7-16(11-12)13(18)5-9-17-8-3-6-15-17;;/h3,6,8,12,14H,2,4-5,7,9-11H2,1H3;2*1H. The van der Waals surface area contributed by atoms with Gasteiger partial charge in [0.2, 0.25) is 5.91 Å². The van der Waals surface area contributed by atoms with Crippen LogP contribution in [0.4, 0.5) is 0 Å². The zero-order valence-electron chi connectivity index (χ0n) is 11.8. The van der Waals surface area contributed by atoms with Gasteiger partial charge in [0.15, 0.2) is 0 Å². The second kappa shape index (κ2) is 10.0. The molecule has 1 saturated heterocycles. The Morgan fingerprint density at radius 1 is 1.45 bits per heavy atom. The highest BCUT2D eigenvalue weighted by Gasteiger charge is 2.22. The second-order valence-corrected chi connectivity index (χ2v) is 4.92. The molecule has 116 valence electrons. The van der Waals surface area contributed by atoms with Crippen molar-refractivity contribution in [2.45, 2.75) is 25.8 Å². The van der Waals surface area contributed by atoms with Crippen LogP contribution in [0.25, 0.3) is 0 Å². The summed E-state index contributed by atoms with van der Waals surface area (Å²) in [5.41, 5.74) is 0. The van der Waals surface area contributed by atoms with E-state index in [1.807, 2.05) is 28.9 Å². The fourth-order valence-electron chi connectivity index (χ4n) is 2.55. The third-order valence-electron chi connectivity index (χ3n) is 3.48. The quantitative estimate of drug-likeness (QED) is 0.895. The smallest absolute Gasteiger partial charge is 0.224 e. The molecule has 1 amide bonds. The Hall–Kier alpha value is -0.780. The lowest BCUT2D eigenvalue weighted by Crippen LogP contribution is -2.42. The summed E-state index contributed by atoms with van der Waals surface area (Å²) in [6.07, 6.45) is 6.54. The molecule has 0 spiro atoms. The maximum absolute atomic E-state index is 12.1. The number of halogens is 2. The molecular weight excluding hydrogens is 299 g/mol. The number of nitrogens with one attached hydrogen (secondary N) is 1. The molecule has 1 fully saturated rings. The van der Waals surface area contributed by atoms with Crippen LogP contribution in [-0.4, -0.2) is 47.3 Å². The van der Waals surface area contributed by atoms with Gasteiger partial charge in [-0.3, -0.25) is 9.48 Å². The van der Waals surface area contributed by atoms with Crippen molar-refractivity contribution in [3.8, 4) is 0 Å². The molecule has 0 saturated carbocycles. The molecule has 1 unspecified atom stereocenters. The van der Waals surface area contributed by atoms with Crippen LogP contribution >= 0.6 is 24.8 Å². The normalized spacial score (nSPS) is 18.1. The predicted molar refractivity (Wildman–Crippen MR) is 84.6 cm³/mol. The van der Waals surface area contributed by atoms with Crippen LogP contribution in [0, 0.1) is 5.92 Å². The third-order valence-corrected chi connectivity index (χ3v) is 3.48. The maximum atomic E-state index is 12.1. The van der Waals surface area contributed by atoms with Gasteiger partial charge in [-0.1, -0.05) is 0 Å². The summed E-state index contributed by atoms with van der Waals surface area (Å²) in [6, 6.07) is 1.88. The maximum Gasteiger partial charge on any atom is 0.224 e. The average molecular weight is 323 g/mol. The summed E-state index contributed by atoms with van der Waals surface area (Å²) >= 11 is 0. The molecule has 0 radical (unpaired) electrons. The van der Waals surface area contributed by atoms with Crippen molar-refractivity contribution in [2.24, 2.45) is 5.92 Å². The SMILES string of the molecule is CNCC1CCCN(C(=O)CCn2cccn2)C1.Cl.Cl. The first-order valence-electron chi connectivity index (χ1n) is 6.69. The van der Waals surface area contributed by atoms with E-state index in [1.165, 1.54) is 6.42 Å². The van der Waals surface area contributed by atoms with Gasteiger partial charge in [-0.05, 0) is 38.4 Å². The Bertz CT molecular complexity index is 370. The van der Waals surface area contributed by atoms with Crippen molar-refractivity contribution in [1.82, 2.24) is 20.0 Å². The van der Waals surface area contributed by atoms with E-state index in [1.54, 1.807) is 6.20 Å². The van der Waals surface area contributed by atoms with Gasteiger partial charge in [0, 0.05) is 38.4 Å². The van der Waals surface area contributed by atoms with Gasteiger partial charge in [0.05, 0.1) is 0 Å². The molecule has 5 nitrogen and oxygen atoms in total. The van der Waals surface area contributed by atoms with E-state index in [-0.39, 0.29) is 30.7 Å². The van der Waals surface area contributed by atoms with Gasteiger partial charge in [-0.25, -0.2) is 0 Å². The molecule has 0 aliphatic carbocycles. The minimum Gasteiger partial charge on any atom is -0.342 e. The van der Waals surface area contributed by atoms with Crippen molar-refractivity contribution < 1.29 is 4.79 Å². The van der Waals surface area contributed by atoms with E-state index in [9.17, 15) is 4.79 Å². The van der Waals surface area contributed by atoms with E-state index in [4.69, 9.17) is 0 Å². The van der Waals surface area contributed by atoms with E-state index < -0.39 is 0 Å². The van der Waals surface area contributed by atoms with Crippen molar-refractivity contribution in [3.05, 3.63) is 18.5 Å². The van der Waals surface area contributed by atoms with Crippen molar-refractivity contribution in [2.75, 3.05) is 26.7 Å². The molecule has 1 N–H and O–H groups in total. The van der Waals surface area contributed by atoms with Crippen LogP contribution in [0.15, 0.2) is 18.5 Å². The monoisotopic (exact) mass is 322 g/mol. The lowest BCUT2D eigenvalue weighted by Gasteiger charge is -2.32. The van der Waals surface area contributed by atoms with Gasteiger partial charge in [-0.15, -0.1) is 24.8 Å².